The highest BCUT2D eigenvalue weighted by atomic mass is 35.6. The molecule has 1 unspecified atom stereocenters. The van der Waals surface area contributed by atoms with Crippen molar-refractivity contribution in [2.24, 2.45) is 0 Å². The van der Waals surface area contributed by atoms with E-state index in [0.29, 0.717) is 0 Å². The van der Waals surface area contributed by atoms with Crippen molar-refractivity contribution < 1.29 is 9.42 Å². The third-order valence-corrected chi connectivity index (χ3v) is 4.78. The van der Waals surface area contributed by atoms with Crippen molar-refractivity contribution in [3.63, 3.8) is 0 Å². The van der Waals surface area contributed by atoms with E-state index in [2.05, 4.69) is 0 Å². The van der Waals surface area contributed by atoms with Crippen molar-refractivity contribution >= 4 is 53.1 Å². The Labute approximate surface area is 92.3 Å². The third-order valence-electron chi connectivity index (χ3n) is 1.07. The van der Waals surface area contributed by atoms with Crippen LogP contribution in [0.4, 0.5) is 0 Å². The minimum absolute atomic E-state index is 0.125. The predicted octanol–water partition coefficient (Wildman–Crippen LogP) is 3.08. The summed E-state index contributed by atoms with van der Waals surface area (Å²) in [5.41, 5.74) is -0.125. The van der Waals surface area contributed by atoms with E-state index in [0.717, 1.165) is 0 Å². The molecule has 1 N–H and O–H groups in total. The fourth-order valence-corrected chi connectivity index (χ4v) is 1.54. The quantitative estimate of drug-likeness (QED) is 0.632. The Bertz CT molecular complexity index is 192. The van der Waals surface area contributed by atoms with Crippen molar-refractivity contribution in [2.45, 2.75) is 23.3 Å². The van der Waals surface area contributed by atoms with Gasteiger partial charge in [0.1, 0.15) is 6.61 Å². The van der Waals surface area contributed by atoms with Crippen LogP contribution in [0.1, 0.15) is 13.8 Å². The molecule has 0 aromatic rings. The Morgan fingerprint density at radius 1 is 1.50 bits per heavy atom. The van der Waals surface area contributed by atoms with Crippen LogP contribution in [0.15, 0.2) is 0 Å². The largest absolute Gasteiger partial charge is 0.345 e. The first kappa shape index (κ1) is 13.4. The second-order valence-corrected chi connectivity index (χ2v) is 9.05. The highest BCUT2D eigenvalue weighted by molar-refractivity contribution is 8.09. The molecule has 0 radical (unpaired) electrons. The fraction of sp³-hybridized carbons (Fsp3) is 1.00. The molecule has 0 bridgehead atoms. The normalized spacial score (nSPS) is 17.9. The van der Waals surface area contributed by atoms with Crippen LogP contribution >= 0.6 is 41.3 Å². The maximum Gasteiger partial charge on any atom is 0.213 e. The molecule has 0 saturated carbocycles. The highest BCUT2D eigenvalue weighted by Gasteiger charge is 2.26. The average molecular weight is 272 g/mol. The second kappa shape index (κ2) is 4.79. The van der Waals surface area contributed by atoms with Crippen molar-refractivity contribution in [1.29, 1.82) is 0 Å². The molecule has 74 valence electrons. The summed E-state index contributed by atoms with van der Waals surface area (Å²) < 4.78 is 3.43. The maximum absolute atomic E-state index is 9.48. The lowest BCUT2D eigenvalue weighted by Gasteiger charge is -2.21. The first-order valence-electron chi connectivity index (χ1n) is 3.19. The van der Waals surface area contributed by atoms with Gasteiger partial charge in [0.25, 0.3) is 0 Å². The molecular formula is C5H10Cl3O2PS. The topological polar surface area (TPSA) is 29.5 Å². The minimum atomic E-state index is -2.78. The van der Waals surface area contributed by atoms with Gasteiger partial charge in [0.2, 0.25) is 3.79 Å². The van der Waals surface area contributed by atoms with E-state index < -0.39 is 10.3 Å². The highest BCUT2D eigenvalue weighted by Crippen LogP contribution is 2.49. The summed E-state index contributed by atoms with van der Waals surface area (Å²) in [5, 5.41) is 0. The van der Waals surface area contributed by atoms with Crippen LogP contribution in [0.2, 0.25) is 0 Å². The molecular weight excluding hydrogens is 261 g/mol. The van der Waals surface area contributed by atoms with Gasteiger partial charge in [-0.3, -0.25) is 0 Å². The van der Waals surface area contributed by atoms with Gasteiger partial charge >= 0.3 is 0 Å². The molecule has 0 spiro atoms. The van der Waals surface area contributed by atoms with Gasteiger partial charge in [-0.05, 0) is 11.8 Å². The minimum Gasteiger partial charge on any atom is -0.345 e. The van der Waals surface area contributed by atoms with Crippen LogP contribution in [-0.4, -0.2) is 21.0 Å². The summed E-state index contributed by atoms with van der Waals surface area (Å²) in [7, 11) is 0. The van der Waals surface area contributed by atoms with Gasteiger partial charge in [0, 0.05) is 5.66 Å². The summed E-state index contributed by atoms with van der Waals surface area (Å²) in [6, 6.07) is 0. The molecule has 0 fully saturated rings. The monoisotopic (exact) mass is 270 g/mol. The first-order chi connectivity index (χ1) is 5.15. The zero-order valence-corrected chi connectivity index (χ0v) is 10.6. The third kappa shape index (κ3) is 5.98. The van der Waals surface area contributed by atoms with E-state index in [1.807, 2.05) is 0 Å². The molecule has 0 amide bonds. The van der Waals surface area contributed by atoms with E-state index in [1.165, 1.54) is 0 Å². The van der Waals surface area contributed by atoms with Gasteiger partial charge in [0.05, 0.1) is 0 Å². The van der Waals surface area contributed by atoms with Crippen LogP contribution in [0.25, 0.3) is 0 Å². The molecule has 0 aliphatic heterocycles. The van der Waals surface area contributed by atoms with E-state index in [9.17, 15) is 4.89 Å². The predicted molar refractivity (Wildman–Crippen MR) is 57.9 cm³/mol. The first-order valence-corrected chi connectivity index (χ1v) is 7.06. The fourth-order valence-electron chi connectivity index (χ4n) is 0.315. The van der Waals surface area contributed by atoms with E-state index in [4.69, 9.17) is 51.1 Å². The smallest absolute Gasteiger partial charge is 0.213 e. The van der Waals surface area contributed by atoms with Gasteiger partial charge in [-0.15, -0.1) is 0 Å². The Hall–Kier alpha value is 1.44. The van der Waals surface area contributed by atoms with Crippen molar-refractivity contribution in [1.82, 2.24) is 0 Å². The van der Waals surface area contributed by atoms with Crippen molar-refractivity contribution in [2.75, 3.05) is 6.61 Å². The van der Waals surface area contributed by atoms with Gasteiger partial charge in [-0.2, -0.15) is 0 Å². The molecule has 0 rings (SSSR count). The molecule has 0 saturated heterocycles. The Morgan fingerprint density at radius 3 is 2.17 bits per heavy atom. The molecule has 0 heterocycles. The molecule has 2 nitrogen and oxygen atoms in total. The summed E-state index contributed by atoms with van der Waals surface area (Å²) in [6.45, 7) is 0.568. The number of hydrogen-bond donors (Lipinski definition) is 1. The molecule has 7 heteroatoms. The van der Waals surface area contributed by atoms with Gasteiger partial charge in [-0.25, -0.2) is 0 Å². The maximum atomic E-state index is 9.48. The van der Waals surface area contributed by atoms with E-state index in [-0.39, 0.29) is 12.3 Å². The van der Waals surface area contributed by atoms with E-state index in [1.54, 1.807) is 13.8 Å². The number of rotatable bonds is 3. The van der Waals surface area contributed by atoms with Crippen LogP contribution in [0.5, 0.6) is 0 Å². The molecule has 0 aliphatic carbocycles. The zero-order chi connectivity index (χ0) is 9.99. The van der Waals surface area contributed by atoms with Crippen LogP contribution in [0, 0.1) is 0 Å². The summed E-state index contributed by atoms with van der Waals surface area (Å²) in [6.07, 6.45) is 0. The molecule has 12 heavy (non-hydrogen) atoms. The van der Waals surface area contributed by atoms with Gasteiger partial charge in [-0.1, -0.05) is 48.7 Å². The SMILES string of the molecule is CC(C)P(O)(=S)OCC(Cl)(Cl)Cl. The molecule has 0 aromatic carbocycles. The summed E-state index contributed by atoms with van der Waals surface area (Å²) in [5.74, 6) is 0. The Morgan fingerprint density at radius 2 is 1.92 bits per heavy atom. The van der Waals surface area contributed by atoms with Gasteiger partial charge in [0.15, 0.2) is 6.49 Å². The average Bonchev–Trinajstić information content (AvgIpc) is 1.82. The lowest BCUT2D eigenvalue weighted by molar-refractivity contribution is 0.309. The van der Waals surface area contributed by atoms with E-state index >= 15 is 0 Å². The number of alkyl halides is 3. The summed E-state index contributed by atoms with van der Waals surface area (Å²) in [4.78, 5) is 9.48. The summed E-state index contributed by atoms with van der Waals surface area (Å²) >= 11 is 21.0. The van der Waals surface area contributed by atoms with Gasteiger partial charge < -0.3 is 9.42 Å². The second-order valence-electron chi connectivity index (χ2n) is 2.55. The lowest BCUT2D eigenvalue weighted by atomic mass is 10.6. The Kier molecular flexibility index (Phi) is 5.36. The van der Waals surface area contributed by atoms with Crippen molar-refractivity contribution in [3.8, 4) is 0 Å². The Balaban J connectivity index is 4.02. The zero-order valence-electron chi connectivity index (χ0n) is 6.63. The molecule has 1 atom stereocenters. The van der Waals surface area contributed by atoms with Crippen LogP contribution < -0.4 is 0 Å². The lowest BCUT2D eigenvalue weighted by Crippen LogP contribution is -2.13. The molecule has 0 aliphatic rings. The van der Waals surface area contributed by atoms with Crippen LogP contribution in [0.3, 0.4) is 0 Å². The van der Waals surface area contributed by atoms with Crippen molar-refractivity contribution in [3.05, 3.63) is 0 Å². The number of halogens is 3. The standard InChI is InChI=1S/C5H10Cl3O2PS/c1-4(2)11(9,12)10-3-5(6,7)8/h4H,3H2,1-2H3,(H,9,12). The number of hydrogen-bond acceptors (Lipinski definition) is 2. The van der Waals surface area contributed by atoms with Crippen LogP contribution in [-0.2, 0) is 16.3 Å². The molecule has 0 aromatic heterocycles.